The summed E-state index contributed by atoms with van der Waals surface area (Å²) in [5, 5.41) is 15.3. The fourth-order valence-corrected chi connectivity index (χ4v) is 3.07. The SMILES string of the molecule is O=C(O)c1ccc(C(NCCc2cccnc2)C(=O)NCCc2cccnc2)cc1. The van der Waals surface area contributed by atoms with Crippen molar-refractivity contribution < 1.29 is 14.7 Å². The van der Waals surface area contributed by atoms with Crippen molar-refractivity contribution in [1.82, 2.24) is 20.6 Å². The summed E-state index contributed by atoms with van der Waals surface area (Å²) in [4.78, 5) is 32.2. The van der Waals surface area contributed by atoms with Crippen LogP contribution in [0.1, 0.15) is 33.1 Å². The molecule has 30 heavy (non-hydrogen) atoms. The Morgan fingerprint density at radius 1 is 0.867 bits per heavy atom. The van der Waals surface area contributed by atoms with Crippen LogP contribution in [0.2, 0.25) is 0 Å². The Labute approximate surface area is 175 Å². The molecule has 0 aliphatic carbocycles. The topological polar surface area (TPSA) is 104 Å². The van der Waals surface area contributed by atoms with Crippen LogP contribution < -0.4 is 10.6 Å². The number of carbonyl (C=O) groups excluding carboxylic acids is 1. The van der Waals surface area contributed by atoms with Gasteiger partial charge in [0.05, 0.1) is 5.56 Å². The maximum Gasteiger partial charge on any atom is 0.335 e. The Kier molecular flexibility index (Phi) is 7.63. The minimum absolute atomic E-state index is 0.159. The van der Waals surface area contributed by atoms with Crippen LogP contribution in [0.5, 0.6) is 0 Å². The lowest BCUT2D eigenvalue weighted by Crippen LogP contribution is -2.39. The summed E-state index contributed by atoms with van der Waals surface area (Å²) >= 11 is 0. The largest absolute Gasteiger partial charge is 0.478 e. The molecule has 1 amide bonds. The van der Waals surface area contributed by atoms with Gasteiger partial charge in [-0.1, -0.05) is 24.3 Å². The van der Waals surface area contributed by atoms with E-state index in [0.717, 1.165) is 17.5 Å². The molecule has 1 unspecified atom stereocenters. The molecular formula is C23H24N4O3. The first-order chi connectivity index (χ1) is 14.6. The van der Waals surface area contributed by atoms with Crippen LogP contribution in [0, 0.1) is 0 Å². The van der Waals surface area contributed by atoms with Gasteiger partial charge in [0.2, 0.25) is 5.91 Å². The molecule has 3 rings (SSSR count). The van der Waals surface area contributed by atoms with E-state index in [1.54, 1.807) is 36.9 Å². The van der Waals surface area contributed by atoms with Crippen LogP contribution >= 0.6 is 0 Å². The number of carbonyl (C=O) groups is 2. The molecule has 0 aliphatic rings. The standard InChI is InChI=1S/C23H24N4O3/c28-22(27-14-10-18-4-2-12-25-16-18)21(19-5-7-20(8-6-19)23(29)30)26-13-9-17-3-1-11-24-15-17/h1-8,11-12,15-16,21,26H,9-10,13-14H2,(H,27,28)(H,29,30). The van der Waals surface area contributed by atoms with Crippen LogP contribution in [-0.2, 0) is 17.6 Å². The summed E-state index contributed by atoms with van der Waals surface area (Å²) in [6.07, 6.45) is 8.41. The van der Waals surface area contributed by atoms with E-state index in [-0.39, 0.29) is 11.5 Å². The third kappa shape index (κ3) is 6.22. The molecule has 1 atom stereocenters. The predicted molar refractivity (Wildman–Crippen MR) is 113 cm³/mol. The van der Waals surface area contributed by atoms with Crippen molar-refractivity contribution in [3.8, 4) is 0 Å². The van der Waals surface area contributed by atoms with Crippen molar-refractivity contribution in [1.29, 1.82) is 0 Å². The number of carboxylic acid groups (broad SMARTS) is 1. The van der Waals surface area contributed by atoms with Crippen molar-refractivity contribution in [3.05, 3.63) is 95.6 Å². The summed E-state index contributed by atoms with van der Waals surface area (Å²) in [5.74, 6) is -1.16. The van der Waals surface area contributed by atoms with Crippen LogP contribution in [-0.4, -0.2) is 40.0 Å². The molecule has 0 bridgehead atoms. The van der Waals surface area contributed by atoms with Gasteiger partial charge in [-0.3, -0.25) is 14.8 Å². The van der Waals surface area contributed by atoms with E-state index in [1.807, 2.05) is 24.3 Å². The number of benzene rings is 1. The maximum absolute atomic E-state index is 12.9. The molecular weight excluding hydrogens is 380 g/mol. The van der Waals surface area contributed by atoms with Gasteiger partial charge in [-0.15, -0.1) is 0 Å². The molecule has 0 aliphatic heterocycles. The number of aromatic carboxylic acids is 1. The van der Waals surface area contributed by atoms with Gasteiger partial charge >= 0.3 is 5.97 Å². The van der Waals surface area contributed by atoms with Gasteiger partial charge in [-0.25, -0.2) is 4.79 Å². The number of aromatic nitrogens is 2. The molecule has 2 aromatic heterocycles. The highest BCUT2D eigenvalue weighted by Gasteiger charge is 2.20. The molecule has 7 heteroatoms. The van der Waals surface area contributed by atoms with Crippen LogP contribution in [0.25, 0.3) is 0 Å². The molecule has 154 valence electrons. The van der Waals surface area contributed by atoms with Gasteiger partial charge in [0.1, 0.15) is 6.04 Å². The van der Waals surface area contributed by atoms with E-state index in [2.05, 4.69) is 20.6 Å². The number of rotatable bonds is 10. The molecule has 0 spiro atoms. The number of nitrogens with one attached hydrogen (secondary N) is 2. The van der Waals surface area contributed by atoms with Gasteiger partial charge in [-0.2, -0.15) is 0 Å². The third-order valence-electron chi connectivity index (χ3n) is 4.67. The maximum atomic E-state index is 12.9. The van der Waals surface area contributed by atoms with Gasteiger partial charge in [0.15, 0.2) is 0 Å². The zero-order valence-corrected chi connectivity index (χ0v) is 16.5. The highest BCUT2D eigenvalue weighted by Crippen LogP contribution is 2.15. The number of nitrogens with zero attached hydrogens (tertiary/aromatic N) is 2. The highest BCUT2D eigenvalue weighted by molar-refractivity contribution is 5.88. The smallest absolute Gasteiger partial charge is 0.335 e. The molecule has 2 heterocycles. The first-order valence-corrected chi connectivity index (χ1v) is 9.75. The van der Waals surface area contributed by atoms with E-state index in [1.165, 1.54) is 12.1 Å². The second-order valence-corrected chi connectivity index (χ2v) is 6.83. The fraction of sp³-hybridized carbons (Fsp3) is 0.217. The molecule has 0 fully saturated rings. The van der Waals surface area contributed by atoms with Crippen LogP contribution in [0.15, 0.2) is 73.3 Å². The average molecular weight is 404 g/mol. The minimum atomic E-state index is -0.997. The predicted octanol–water partition coefficient (Wildman–Crippen LogP) is 2.41. The van der Waals surface area contributed by atoms with Gasteiger partial charge in [0, 0.05) is 37.9 Å². The third-order valence-corrected chi connectivity index (χ3v) is 4.67. The Morgan fingerprint density at radius 3 is 2.00 bits per heavy atom. The monoisotopic (exact) mass is 404 g/mol. The van der Waals surface area contributed by atoms with Crippen LogP contribution in [0.4, 0.5) is 0 Å². The zero-order chi connectivity index (χ0) is 21.2. The first-order valence-electron chi connectivity index (χ1n) is 9.75. The van der Waals surface area contributed by atoms with Gasteiger partial charge in [-0.05, 0) is 53.8 Å². The summed E-state index contributed by atoms with van der Waals surface area (Å²) < 4.78 is 0. The molecule has 0 saturated heterocycles. The molecule has 0 saturated carbocycles. The number of carboxylic acids is 1. The van der Waals surface area contributed by atoms with Crippen molar-refractivity contribution in [2.45, 2.75) is 18.9 Å². The number of hydrogen-bond donors (Lipinski definition) is 3. The van der Waals surface area contributed by atoms with Crippen molar-refractivity contribution >= 4 is 11.9 Å². The van der Waals surface area contributed by atoms with Crippen LogP contribution in [0.3, 0.4) is 0 Å². The van der Waals surface area contributed by atoms with Crippen molar-refractivity contribution in [3.63, 3.8) is 0 Å². The first kappa shape index (κ1) is 21.1. The summed E-state index contributed by atoms with van der Waals surface area (Å²) in [7, 11) is 0. The summed E-state index contributed by atoms with van der Waals surface area (Å²) in [5.41, 5.74) is 3.02. The molecule has 3 aromatic rings. The molecule has 1 aromatic carbocycles. The Morgan fingerprint density at radius 2 is 1.47 bits per heavy atom. The summed E-state index contributed by atoms with van der Waals surface area (Å²) in [6, 6.07) is 13.5. The van der Waals surface area contributed by atoms with Crippen molar-refractivity contribution in [2.75, 3.05) is 13.1 Å². The van der Waals surface area contributed by atoms with Gasteiger partial charge < -0.3 is 15.7 Å². The van der Waals surface area contributed by atoms with E-state index in [0.29, 0.717) is 25.1 Å². The minimum Gasteiger partial charge on any atom is -0.478 e. The van der Waals surface area contributed by atoms with E-state index >= 15 is 0 Å². The highest BCUT2D eigenvalue weighted by atomic mass is 16.4. The molecule has 3 N–H and O–H groups in total. The van der Waals surface area contributed by atoms with Gasteiger partial charge in [0.25, 0.3) is 0 Å². The number of pyridine rings is 2. The fourth-order valence-electron chi connectivity index (χ4n) is 3.07. The Bertz CT molecular complexity index is 947. The second-order valence-electron chi connectivity index (χ2n) is 6.83. The second kappa shape index (κ2) is 10.8. The normalized spacial score (nSPS) is 11.6. The zero-order valence-electron chi connectivity index (χ0n) is 16.5. The average Bonchev–Trinajstić information content (AvgIpc) is 2.78. The lowest BCUT2D eigenvalue weighted by molar-refractivity contribution is -0.123. The number of amides is 1. The van der Waals surface area contributed by atoms with E-state index in [9.17, 15) is 9.59 Å². The Hall–Kier alpha value is -3.58. The summed E-state index contributed by atoms with van der Waals surface area (Å²) in [6.45, 7) is 1.06. The van der Waals surface area contributed by atoms with E-state index in [4.69, 9.17) is 5.11 Å². The molecule has 0 radical (unpaired) electrons. The van der Waals surface area contributed by atoms with E-state index < -0.39 is 12.0 Å². The quantitative estimate of drug-likeness (QED) is 0.479. The Balaban J connectivity index is 1.64. The van der Waals surface area contributed by atoms with Crippen molar-refractivity contribution in [2.24, 2.45) is 0 Å². The number of hydrogen-bond acceptors (Lipinski definition) is 5. The molecule has 7 nitrogen and oxygen atoms in total. The lowest BCUT2D eigenvalue weighted by Gasteiger charge is -2.19. The lowest BCUT2D eigenvalue weighted by atomic mass is 10.0.